The van der Waals surface area contributed by atoms with E-state index < -0.39 is 11.8 Å². The van der Waals surface area contributed by atoms with E-state index in [1.54, 1.807) is 6.07 Å². The van der Waals surface area contributed by atoms with E-state index in [0.717, 1.165) is 34.8 Å². The van der Waals surface area contributed by atoms with Crippen LogP contribution in [0.4, 0.5) is 4.39 Å². The highest BCUT2D eigenvalue weighted by atomic mass is 19.1. The lowest BCUT2D eigenvalue weighted by atomic mass is 9.84. The van der Waals surface area contributed by atoms with Crippen molar-refractivity contribution in [2.75, 3.05) is 0 Å². The Kier molecular flexibility index (Phi) is 5.78. The highest BCUT2D eigenvalue weighted by molar-refractivity contribution is 6.12. The standard InChI is InChI=1S/C24H24FNO4/c1-5-20-22(24(2,3)4)17-12-15(9-11-21(17)30-20)19(26-29)10-8-14-6-7-16(23(27)28)13-18(14)25/h6-13,29H,5H2,1-4H3,(H,27,28)/b10-8+,26-19+. The number of carboxylic acid groups (broad SMARTS) is 1. The first-order valence-electron chi connectivity index (χ1n) is 9.65. The molecule has 0 bridgehead atoms. The van der Waals surface area contributed by atoms with Crippen LogP contribution in [0.15, 0.2) is 52.0 Å². The zero-order valence-corrected chi connectivity index (χ0v) is 17.4. The van der Waals surface area contributed by atoms with Gasteiger partial charge in [-0.05, 0) is 47.9 Å². The minimum Gasteiger partial charge on any atom is -0.478 e. The number of carbonyl (C=O) groups is 1. The maximum atomic E-state index is 14.2. The molecule has 0 fully saturated rings. The van der Waals surface area contributed by atoms with Crippen LogP contribution in [0.5, 0.6) is 0 Å². The average Bonchev–Trinajstić information content (AvgIpc) is 3.07. The molecule has 3 aromatic rings. The fourth-order valence-electron chi connectivity index (χ4n) is 3.53. The lowest BCUT2D eigenvalue weighted by Gasteiger charge is -2.19. The fraction of sp³-hybridized carbons (Fsp3) is 0.250. The van der Waals surface area contributed by atoms with Crippen LogP contribution in [-0.2, 0) is 11.8 Å². The van der Waals surface area contributed by atoms with Crippen molar-refractivity contribution in [1.82, 2.24) is 0 Å². The summed E-state index contributed by atoms with van der Waals surface area (Å²) in [6.45, 7) is 8.40. The van der Waals surface area contributed by atoms with E-state index in [0.29, 0.717) is 5.56 Å². The number of nitrogens with zero attached hydrogens (tertiary/aromatic N) is 1. The number of oxime groups is 1. The third-order valence-electron chi connectivity index (χ3n) is 4.90. The van der Waals surface area contributed by atoms with E-state index in [2.05, 4.69) is 25.9 Å². The largest absolute Gasteiger partial charge is 0.478 e. The van der Waals surface area contributed by atoms with Crippen molar-refractivity contribution in [2.24, 2.45) is 5.16 Å². The summed E-state index contributed by atoms with van der Waals surface area (Å²) in [5, 5.41) is 22.8. The molecule has 0 saturated carbocycles. The first kappa shape index (κ1) is 21.3. The van der Waals surface area contributed by atoms with E-state index >= 15 is 0 Å². The summed E-state index contributed by atoms with van der Waals surface area (Å²) in [7, 11) is 0. The van der Waals surface area contributed by atoms with Gasteiger partial charge in [-0.2, -0.15) is 0 Å². The predicted molar refractivity (Wildman–Crippen MR) is 115 cm³/mol. The number of benzene rings is 2. The number of halogens is 1. The zero-order valence-electron chi connectivity index (χ0n) is 17.4. The monoisotopic (exact) mass is 409 g/mol. The van der Waals surface area contributed by atoms with Crippen LogP contribution >= 0.6 is 0 Å². The zero-order chi connectivity index (χ0) is 22.1. The summed E-state index contributed by atoms with van der Waals surface area (Å²) in [6, 6.07) is 9.16. The van der Waals surface area contributed by atoms with E-state index in [1.807, 2.05) is 19.1 Å². The molecule has 6 heteroatoms. The molecule has 156 valence electrons. The first-order chi connectivity index (χ1) is 14.2. The molecule has 0 saturated heterocycles. The van der Waals surface area contributed by atoms with Gasteiger partial charge in [-0.25, -0.2) is 9.18 Å². The second-order valence-corrected chi connectivity index (χ2v) is 8.07. The molecule has 0 amide bonds. The molecule has 0 atom stereocenters. The Hall–Kier alpha value is -3.41. The highest BCUT2D eigenvalue weighted by Gasteiger charge is 2.24. The van der Waals surface area contributed by atoms with Gasteiger partial charge in [-0.15, -0.1) is 0 Å². The summed E-state index contributed by atoms with van der Waals surface area (Å²) in [6.07, 6.45) is 3.69. The number of carboxylic acids is 1. The van der Waals surface area contributed by atoms with Gasteiger partial charge in [0.05, 0.1) is 5.56 Å². The quantitative estimate of drug-likeness (QED) is 0.307. The molecule has 2 aromatic carbocycles. The summed E-state index contributed by atoms with van der Waals surface area (Å²) in [5.74, 6) is -0.943. The van der Waals surface area contributed by atoms with Crippen molar-refractivity contribution in [3.8, 4) is 0 Å². The van der Waals surface area contributed by atoms with Crippen molar-refractivity contribution in [3.05, 3.63) is 76.3 Å². The van der Waals surface area contributed by atoms with Gasteiger partial charge in [0.1, 0.15) is 22.9 Å². The van der Waals surface area contributed by atoms with Gasteiger partial charge < -0.3 is 14.7 Å². The number of aromatic carboxylic acids is 1. The molecule has 0 radical (unpaired) electrons. The number of allylic oxidation sites excluding steroid dienone is 1. The fourth-order valence-corrected chi connectivity index (χ4v) is 3.53. The lowest BCUT2D eigenvalue weighted by Crippen LogP contribution is -2.12. The lowest BCUT2D eigenvalue weighted by molar-refractivity contribution is 0.0696. The number of hydrogen-bond donors (Lipinski definition) is 2. The van der Waals surface area contributed by atoms with Crippen molar-refractivity contribution >= 4 is 28.7 Å². The normalized spacial score (nSPS) is 12.8. The van der Waals surface area contributed by atoms with Crippen molar-refractivity contribution in [2.45, 2.75) is 39.5 Å². The molecule has 1 heterocycles. The van der Waals surface area contributed by atoms with E-state index in [-0.39, 0.29) is 22.3 Å². The maximum Gasteiger partial charge on any atom is 0.335 e. The Morgan fingerprint density at radius 3 is 2.43 bits per heavy atom. The van der Waals surface area contributed by atoms with Gasteiger partial charge in [-0.1, -0.05) is 38.9 Å². The number of rotatable bonds is 5. The Labute approximate surface area is 174 Å². The minimum atomic E-state index is -1.20. The Morgan fingerprint density at radius 1 is 1.17 bits per heavy atom. The van der Waals surface area contributed by atoms with Crippen LogP contribution in [0.25, 0.3) is 17.0 Å². The second kappa shape index (κ2) is 8.14. The number of hydrogen-bond acceptors (Lipinski definition) is 4. The molecule has 0 unspecified atom stereocenters. The average molecular weight is 409 g/mol. The third-order valence-corrected chi connectivity index (χ3v) is 4.90. The summed E-state index contributed by atoms with van der Waals surface area (Å²) in [4.78, 5) is 10.9. The maximum absolute atomic E-state index is 14.2. The van der Waals surface area contributed by atoms with Gasteiger partial charge in [0, 0.05) is 28.5 Å². The SMILES string of the molecule is CCc1oc2ccc(C(/C=C/c3ccc(C(=O)O)cc3F)=N/O)cc2c1C(C)(C)C. The van der Waals surface area contributed by atoms with E-state index in [1.165, 1.54) is 24.3 Å². The van der Waals surface area contributed by atoms with Gasteiger partial charge in [0.15, 0.2) is 0 Å². The van der Waals surface area contributed by atoms with Gasteiger partial charge in [0.2, 0.25) is 0 Å². The minimum absolute atomic E-state index is 0.128. The molecular formula is C24H24FNO4. The molecule has 0 aliphatic heterocycles. The van der Waals surface area contributed by atoms with Crippen LogP contribution in [-0.4, -0.2) is 22.0 Å². The number of fused-ring (bicyclic) bond motifs is 1. The molecule has 0 spiro atoms. The van der Waals surface area contributed by atoms with Crippen LogP contribution in [0, 0.1) is 5.82 Å². The topological polar surface area (TPSA) is 83.0 Å². The van der Waals surface area contributed by atoms with Crippen molar-refractivity contribution in [1.29, 1.82) is 0 Å². The van der Waals surface area contributed by atoms with E-state index in [9.17, 15) is 14.4 Å². The van der Waals surface area contributed by atoms with Gasteiger partial charge >= 0.3 is 5.97 Å². The molecule has 2 N–H and O–H groups in total. The molecule has 0 aliphatic rings. The van der Waals surface area contributed by atoms with Crippen LogP contribution < -0.4 is 0 Å². The molecule has 5 nitrogen and oxygen atoms in total. The van der Waals surface area contributed by atoms with Gasteiger partial charge in [-0.3, -0.25) is 0 Å². The molecular weight excluding hydrogens is 385 g/mol. The molecule has 0 aliphatic carbocycles. The smallest absolute Gasteiger partial charge is 0.335 e. The summed E-state index contributed by atoms with van der Waals surface area (Å²) >= 11 is 0. The summed E-state index contributed by atoms with van der Waals surface area (Å²) in [5.41, 5.74) is 2.70. The van der Waals surface area contributed by atoms with Crippen LogP contribution in [0.3, 0.4) is 0 Å². The van der Waals surface area contributed by atoms with Crippen molar-refractivity contribution < 1.29 is 23.9 Å². The summed E-state index contributed by atoms with van der Waals surface area (Å²) < 4.78 is 20.2. The molecule has 30 heavy (non-hydrogen) atoms. The highest BCUT2D eigenvalue weighted by Crippen LogP contribution is 2.36. The van der Waals surface area contributed by atoms with Gasteiger partial charge in [0.25, 0.3) is 0 Å². The number of furan rings is 1. The predicted octanol–water partition coefficient (Wildman–Crippen LogP) is 6.02. The third kappa shape index (κ3) is 4.13. The van der Waals surface area contributed by atoms with Crippen LogP contribution in [0.1, 0.15) is 60.5 Å². The van der Waals surface area contributed by atoms with Crippen molar-refractivity contribution in [3.63, 3.8) is 0 Å². The van der Waals surface area contributed by atoms with E-state index in [4.69, 9.17) is 9.52 Å². The Balaban J connectivity index is 2.01. The Bertz CT molecular complexity index is 1170. The second-order valence-electron chi connectivity index (χ2n) is 8.07. The Morgan fingerprint density at radius 2 is 1.87 bits per heavy atom. The number of aryl methyl sites for hydroxylation is 1. The molecule has 3 rings (SSSR count). The van der Waals surface area contributed by atoms with Crippen LogP contribution in [0.2, 0.25) is 0 Å². The molecule has 1 aromatic heterocycles. The first-order valence-corrected chi connectivity index (χ1v) is 9.65.